The fraction of sp³-hybridized carbons (Fsp3) is 0.130. The third-order valence-corrected chi connectivity index (χ3v) is 4.68. The first-order chi connectivity index (χ1) is 13.8. The Hall–Kier alpha value is -3.44. The molecule has 2 heterocycles. The molecule has 2 aromatic carbocycles. The highest BCUT2D eigenvalue weighted by Crippen LogP contribution is 2.29. The maximum atomic E-state index is 13.0. The van der Waals surface area contributed by atoms with Gasteiger partial charge >= 0.3 is 0 Å². The molecule has 5 heteroatoms. The van der Waals surface area contributed by atoms with E-state index in [1.165, 1.54) is 0 Å². The summed E-state index contributed by atoms with van der Waals surface area (Å²) < 4.78 is 5.35. The Labute approximate surface area is 162 Å². The van der Waals surface area contributed by atoms with Gasteiger partial charge in [-0.25, -0.2) is 0 Å². The minimum Gasteiger partial charge on any atom is -0.467 e. The van der Waals surface area contributed by atoms with Gasteiger partial charge in [0.25, 0.3) is 5.91 Å². The molecule has 28 heavy (non-hydrogen) atoms. The van der Waals surface area contributed by atoms with Crippen molar-refractivity contribution in [2.45, 2.75) is 6.54 Å². The number of aromatic nitrogens is 1. The van der Waals surface area contributed by atoms with Crippen LogP contribution in [0, 0.1) is 0 Å². The van der Waals surface area contributed by atoms with E-state index in [0.717, 1.165) is 21.9 Å². The van der Waals surface area contributed by atoms with Crippen LogP contribution in [0.15, 0.2) is 83.7 Å². The summed E-state index contributed by atoms with van der Waals surface area (Å²) in [6.45, 7) is 0.457. The predicted molar refractivity (Wildman–Crippen MR) is 108 cm³/mol. The van der Waals surface area contributed by atoms with E-state index in [2.05, 4.69) is 11.1 Å². The second kappa shape index (κ2) is 8.06. The number of carbonyl (C=O) groups is 1. The third-order valence-electron chi connectivity index (χ3n) is 4.68. The molecule has 4 aromatic rings. The van der Waals surface area contributed by atoms with Crippen LogP contribution in [-0.2, 0) is 6.54 Å². The van der Waals surface area contributed by atoms with E-state index >= 15 is 0 Å². The van der Waals surface area contributed by atoms with Crippen LogP contribution >= 0.6 is 0 Å². The molecule has 0 aliphatic rings. The van der Waals surface area contributed by atoms with Crippen molar-refractivity contribution in [3.8, 4) is 11.1 Å². The number of furan rings is 1. The number of aliphatic hydroxyl groups is 1. The molecular weight excluding hydrogens is 352 g/mol. The van der Waals surface area contributed by atoms with Gasteiger partial charge < -0.3 is 14.4 Å². The van der Waals surface area contributed by atoms with Crippen LogP contribution in [0.25, 0.3) is 21.9 Å². The zero-order valence-electron chi connectivity index (χ0n) is 15.3. The van der Waals surface area contributed by atoms with E-state index < -0.39 is 0 Å². The lowest BCUT2D eigenvalue weighted by Gasteiger charge is -2.21. The van der Waals surface area contributed by atoms with Gasteiger partial charge in [0.1, 0.15) is 5.76 Å². The van der Waals surface area contributed by atoms with Gasteiger partial charge in [-0.1, -0.05) is 30.3 Å². The zero-order chi connectivity index (χ0) is 19.3. The van der Waals surface area contributed by atoms with E-state index in [0.29, 0.717) is 17.9 Å². The fourth-order valence-electron chi connectivity index (χ4n) is 3.34. The molecule has 2 aromatic heterocycles. The average molecular weight is 372 g/mol. The molecule has 140 valence electrons. The number of nitrogens with zero attached hydrogens (tertiary/aromatic N) is 2. The summed E-state index contributed by atoms with van der Waals surface area (Å²) in [5, 5.41) is 11.4. The summed E-state index contributed by atoms with van der Waals surface area (Å²) in [5.74, 6) is 0.542. The molecule has 0 saturated carbocycles. The Morgan fingerprint density at radius 3 is 2.75 bits per heavy atom. The van der Waals surface area contributed by atoms with Crippen molar-refractivity contribution in [2.75, 3.05) is 13.2 Å². The van der Waals surface area contributed by atoms with Crippen molar-refractivity contribution >= 4 is 16.7 Å². The van der Waals surface area contributed by atoms with E-state index in [-0.39, 0.29) is 19.1 Å². The molecular formula is C23H20N2O3. The van der Waals surface area contributed by atoms with Crippen molar-refractivity contribution < 1.29 is 14.3 Å². The summed E-state index contributed by atoms with van der Waals surface area (Å²) in [6.07, 6.45) is 5.16. The maximum absolute atomic E-state index is 13.0. The molecule has 4 rings (SSSR count). The molecule has 1 N–H and O–H groups in total. The molecule has 0 saturated heterocycles. The number of hydrogen-bond acceptors (Lipinski definition) is 4. The SMILES string of the molecule is O=C(c1ccc2c(-c3cccnc3)cccc2c1)N(CCO)Cc1ccco1. The molecule has 0 fully saturated rings. The van der Waals surface area contributed by atoms with Crippen LogP contribution in [-0.4, -0.2) is 34.0 Å². The van der Waals surface area contributed by atoms with Crippen LogP contribution in [0.2, 0.25) is 0 Å². The van der Waals surface area contributed by atoms with Gasteiger partial charge in [-0.3, -0.25) is 9.78 Å². The van der Waals surface area contributed by atoms with Crippen molar-refractivity contribution in [1.29, 1.82) is 0 Å². The highest BCUT2D eigenvalue weighted by molar-refractivity contribution is 6.02. The van der Waals surface area contributed by atoms with Crippen molar-refractivity contribution in [2.24, 2.45) is 0 Å². The van der Waals surface area contributed by atoms with Crippen molar-refractivity contribution in [1.82, 2.24) is 9.88 Å². The standard InChI is InChI=1S/C23H20N2O3/c26-12-11-25(16-20-6-3-13-28-20)23(27)18-8-9-22-17(14-18)4-1-7-21(22)19-5-2-10-24-15-19/h1-10,13-15,26H,11-12,16H2. The van der Waals surface area contributed by atoms with Gasteiger partial charge in [-0.15, -0.1) is 0 Å². The molecule has 0 radical (unpaired) electrons. The number of aliphatic hydroxyl groups excluding tert-OH is 1. The Bertz CT molecular complexity index is 1080. The summed E-state index contributed by atoms with van der Waals surface area (Å²) in [6, 6.07) is 19.2. The fourth-order valence-corrected chi connectivity index (χ4v) is 3.34. The second-order valence-electron chi connectivity index (χ2n) is 6.51. The molecule has 0 spiro atoms. The van der Waals surface area contributed by atoms with E-state index in [9.17, 15) is 9.90 Å². The van der Waals surface area contributed by atoms with Gasteiger partial charge in [0.2, 0.25) is 0 Å². The molecule has 0 atom stereocenters. The van der Waals surface area contributed by atoms with Crippen LogP contribution in [0.4, 0.5) is 0 Å². The lowest BCUT2D eigenvalue weighted by Crippen LogP contribution is -2.32. The topological polar surface area (TPSA) is 66.6 Å². The van der Waals surface area contributed by atoms with Crippen molar-refractivity contribution in [3.05, 3.63) is 90.6 Å². The summed E-state index contributed by atoms with van der Waals surface area (Å²) >= 11 is 0. The number of rotatable bonds is 6. The summed E-state index contributed by atoms with van der Waals surface area (Å²) in [7, 11) is 0. The number of carbonyl (C=O) groups excluding carboxylic acids is 1. The molecule has 0 aliphatic carbocycles. The summed E-state index contributed by atoms with van der Waals surface area (Å²) in [5.41, 5.74) is 2.69. The predicted octanol–water partition coefficient (Wildman–Crippen LogP) is 4.13. The lowest BCUT2D eigenvalue weighted by molar-refractivity contribution is 0.0695. The smallest absolute Gasteiger partial charge is 0.254 e. The maximum Gasteiger partial charge on any atom is 0.254 e. The number of hydrogen-bond donors (Lipinski definition) is 1. The Balaban J connectivity index is 1.68. The first-order valence-electron chi connectivity index (χ1n) is 9.12. The van der Waals surface area contributed by atoms with E-state index in [4.69, 9.17) is 4.42 Å². The Morgan fingerprint density at radius 1 is 1.07 bits per heavy atom. The zero-order valence-corrected chi connectivity index (χ0v) is 15.3. The molecule has 0 bridgehead atoms. The molecule has 5 nitrogen and oxygen atoms in total. The van der Waals surface area contributed by atoms with Crippen LogP contribution in [0.1, 0.15) is 16.1 Å². The van der Waals surface area contributed by atoms with Crippen LogP contribution in [0.5, 0.6) is 0 Å². The van der Waals surface area contributed by atoms with Crippen molar-refractivity contribution in [3.63, 3.8) is 0 Å². The molecule has 0 aliphatic heterocycles. The highest BCUT2D eigenvalue weighted by atomic mass is 16.3. The average Bonchev–Trinajstić information content (AvgIpc) is 3.26. The second-order valence-corrected chi connectivity index (χ2v) is 6.51. The van der Waals surface area contributed by atoms with Gasteiger partial charge in [0.05, 0.1) is 19.4 Å². The highest BCUT2D eigenvalue weighted by Gasteiger charge is 2.17. The van der Waals surface area contributed by atoms with Gasteiger partial charge in [0.15, 0.2) is 0 Å². The Kier molecular flexibility index (Phi) is 5.17. The first-order valence-corrected chi connectivity index (χ1v) is 9.12. The van der Waals surface area contributed by atoms with Gasteiger partial charge in [-0.2, -0.15) is 0 Å². The summed E-state index contributed by atoms with van der Waals surface area (Å²) in [4.78, 5) is 18.8. The van der Waals surface area contributed by atoms with Gasteiger partial charge in [0, 0.05) is 30.1 Å². The third kappa shape index (κ3) is 3.66. The quantitative estimate of drug-likeness (QED) is 0.553. The largest absolute Gasteiger partial charge is 0.467 e. The lowest BCUT2D eigenvalue weighted by atomic mass is 9.97. The normalized spacial score (nSPS) is 10.9. The Morgan fingerprint density at radius 2 is 2.00 bits per heavy atom. The minimum atomic E-state index is -0.140. The van der Waals surface area contributed by atoms with E-state index in [1.807, 2.05) is 54.7 Å². The number of benzene rings is 2. The van der Waals surface area contributed by atoms with E-state index in [1.54, 1.807) is 23.4 Å². The number of amides is 1. The molecule has 0 unspecified atom stereocenters. The number of pyridine rings is 1. The van der Waals surface area contributed by atoms with Crippen LogP contribution in [0.3, 0.4) is 0 Å². The van der Waals surface area contributed by atoms with Gasteiger partial charge in [-0.05, 0) is 46.7 Å². The number of fused-ring (bicyclic) bond motifs is 1. The first kappa shape index (κ1) is 17.9. The molecule has 1 amide bonds. The minimum absolute atomic E-state index is 0.106. The monoisotopic (exact) mass is 372 g/mol. The van der Waals surface area contributed by atoms with Crippen LogP contribution < -0.4 is 0 Å².